The Morgan fingerprint density at radius 2 is 2.42 bits per heavy atom. The van der Waals surface area contributed by atoms with Gasteiger partial charge in [0.25, 0.3) is 0 Å². The summed E-state index contributed by atoms with van der Waals surface area (Å²) < 4.78 is 6.41. The number of nitrogens with one attached hydrogen (secondary N) is 2. The van der Waals surface area contributed by atoms with Gasteiger partial charge in [-0.2, -0.15) is 0 Å². The standard InChI is InChI=1S/C11H21N5O3/c1-9(11(18)12-3-6-19-2)13-7-10-8-16(4-5-17)15-14-10/h8-9,13,17H,3-7H2,1-2H3,(H,12,18). The van der Waals surface area contributed by atoms with Crippen LogP contribution in [0, 0.1) is 0 Å². The van der Waals surface area contributed by atoms with Crippen molar-refractivity contribution in [3.05, 3.63) is 11.9 Å². The van der Waals surface area contributed by atoms with Crippen LogP contribution < -0.4 is 10.6 Å². The Labute approximate surface area is 112 Å². The first kappa shape index (κ1) is 15.5. The molecule has 19 heavy (non-hydrogen) atoms. The van der Waals surface area contributed by atoms with Crippen LogP contribution in [0.5, 0.6) is 0 Å². The molecule has 0 fully saturated rings. The summed E-state index contributed by atoms with van der Waals surface area (Å²) in [5.41, 5.74) is 0.727. The fraction of sp³-hybridized carbons (Fsp3) is 0.727. The first-order chi connectivity index (χ1) is 9.17. The minimum atomic E-state index is -0.320. The minimum absolute atomic E-state index is 0.0224. The van der Waals surface area contributed by atoms with Crippen LogP contribution in [0.15, 0.2) is 6.20 Å². The van der Waals surface area contributed by atoms with Gasteiger partial charge in [0, 0.05) is 26.4 Å². The third-order valence-electron chi connectivity index (χ3n) is 2.50. The predicted octanol–water partition coefficient (Wildman–Crippen LogP) is -1.49. The molecule has 8 heteroatoms. The topological polar surface area (TPSA) is 101 Å². The van der Waals surface area contributed by atoms with E-state index in [4.69, 9.17) is 9.84 Å². The monoisotopic (exact) mass is 271 g/mol. The molecule has 1 rings (SSSR count). The van der Waals surface area contributed by atoms with Gasteiger partial charge in [-0.15, -0.1) is 5.10 Å². The Bertz CT molecular complexity index is 382. The van der Waals surface area contributed by atoms with Gasteiger partial charge in [0.2, 0.25) is 5.91 Å². The van der Waals surface area contributed by atoms with Gasteiger partial charge in [0.1, 0.15) is 0 Å². The maximum absolute atomic E-state index is 11.6. The van der Waals surface area contributed by atoms with E-state index < -0.39 is 0 Å². The van der Waals surface area contributed by atoms with E-state index in [2.05, 4.69) is 20.9 Å². The van der Waals surface area contributed by atoms with E-state index >= 15 is 0 Å². The molecule has 0 saturated heterocycles. The molecule has 0 spiro atoms. The number of hydrogen-bond acceptors (Lipinski definition) is 6. The fourth-order valence-corrected chi connectivity index (χ4v) is 1.41. The van der Waals surface area contributed by atoms with E-state index in [1.165, 1.54) is 0 Å². The lowest BCUT2D eigenvalue weighted by atomic mass is 10.3. The quantitative estimate of drug-likeness (QED) is 0.473. The highest BCUT2D eigenvalue weighted by molar-refractivity contribution is 5.81. The number of aliphatic hydroxyl groups is 1. The van der Waals surface area contributed by atoms with Gasteiger partial charge >= 0.3 is 0 Å². The van der Waals surface area contributed by atoms with Gasteiger partial charge in [0.05, 0.1) is 31.5 Å². The van der Waals surface area contributed by atoms with Gasteiger partial charge in [-0.1, -0.05) is 5.21 Å². The Morgan fingerprint density at radius 3 is 3.11 bits per heavy atom. The summed E-state index contributed by atoms with van der Waals surface area (Å²) in [7, 11) is 1.59. The van der Waals surface area contributed by atoms with E-state index in [9.17, 15) is 4.79 Å². The van der Waals surface area contributed by atoms with Crippen molar-refractivity contribution in [2.75, 3.05) is 26.9 Å². The summed E-state index contributed by atoms with van der Waals surface area (Å²) in [4.78, 5) is 11.6. The van der Waals surface area contributed by atoms with E-state index in [0.717, 1.165) is 5.69 Å². The molecule has 1 amide bonds. The van der Waals surface area contributed by atoms with Gasteiger partial charge in [-0.05, 0) is 6.92 Å². The number of amides is 1. The first-order valence-electron chi connectivity index (χ1n) is 6.17. The maximum atomic E-state index is 11.6. The van der Waals surface area contributed by atoms with Gasteiger partial charge in [-0.3, -0.25) is 4.79 Å². The van der Waals surface area contributed by atoms with Crippen LogP contribution >= 0.6 is 0 Å². The summed E-state index contributed by atoms with van der Waals surface area (Å²) in [5, 5.41) is 22.3. The molecule has 0 bridgehead atoms. The molecular weight excluding hydrogens is 250 g/mol. The molecule has 0 radical (unpaired) electrons. The summed E-state index contributed by atoms with van der Waals surface area (Å²) in [5.74, 6) is -0.0835. The van der Waals surface area contributed by atoms with E-state index in [1.54, 1.807) is 24.9 Å². The lowest BCUT2D eigenvalue weighted by molar-refractivity contribution is -0.122. The van der Waals surface area contributed by atoms with Crippen LogP contribution in [0.3, 0.4) is 0 Å². The zero-order valence-corrected chi connectivity index (χ0v) is 11.3. The van der Waals surface area contributed by atoms with Crippen molar-refractivity contribution in [2.45, 2.75) is 26.1 Å². The number of aliphatic hydroxyl groups excluding tert-OH is 1. The Hall–Kier alpha value is -1.51. The predicted molar refractivity (Wildman–Crippen MR) is 68.3 cm³/mol. The molecule has 3 N–H and O–H groups in total. The zero-order valence-electron chi connectivity index (χ0n) is 11.3. The summed E-state index contributed by atoms with van der Waals surface area (Å²) in [6.07, 6.45) is 1.73. The maximum Gasteiger partial charge on any atom is 0.236 e. The number of carbonyl (C=O) groups is 1. The number of ether oxygens (including phenoxy) is 1. The van der Waals surface area contributed by atoms with Gasteiger partial charge in [0.15, 0.2) is 0 Å². The molecule has 0 aliphatic rings. The number of nitrogens with zero attached hydrogens (tertiary/aromatic N) is 3. The van der Waals surface area contributed by atoms with Crippen LogP contribution in [0.25, 0.3) is 0 Å². The molecule has 108 valence electrons. The Kier molecular flexibility index (Phi) is 7.01. The molecule has 1 aromatic heterocycles. The average Bonchev–Trinajstić information content (AvgIpc) is 2.84. The van der Waals surface area contributed by atoms with Crippen LogP contribution in [0.1, 0.15) is 12.6 Å². The highest BCUT2D eigenvalue weighted by Gasteiger charge is 2.12. The molecule has 1 heterocycles. The van der Waals surface area contributed by atoms with Crippen molar-refractivity contribution in [3.8, 4) is 0 Å². The number of carbonyl (C=O) groups excluding carboxylic acids is 1. The van der Waals surface area contributed by atoms with Crippen molar-refractivity contribution in [1.29, 1.82) is 0 Å². The number of methoxy groups -OCH3 is 1. The van der Waals surface area contributed by atoms with Crippen LogP contribution in [-0.4, -0.2) is 58.9 Å². The van der Waals surface area contributed by atoms with Crippen LogP contribution in [0.4, 0.5) is 0 Å². The third-order valence-corrected chi connectivity index (χ3v) is 2.50. The molecule has 1 aromatic rings. The van der Waals surface area contributed by atoms with Crippen molar-refractivity contribution in [2.24, 2.45) is 0 Å². The molecule has 0 aromatic carbocycles. The first-order valence-corrected chi connectivity index (χ1v) is 6.17. The summed E-state index contributed by atoms with van der Waals surface area (Å²) >= 11 is 0. The number of rotatable bonds is 9. The highest BCUT2D eigenvalue weighted by atomic mass is 16.5. The Balaban J connectivity index is 2.28. The van der Waals surface area contributed by atoms with E-state index in [0.29, 0.717) is 26.2 Å². The average molecular weight is 271 g/mol. The van der Waals surface area contributed by atoms with E-state index in [-0.39, 0.29) is 18.6 Å². The molecule has 0 saturated carbocycles. The largest absolute Gasteiger partial charge is 0.394 e. The number of aromatic nitrogens is 3. The normalized spacial score (nSPS) is 12.4. The summed E-state index contributed by atoms with van der Waals surface area (Å²) in [6, 6.07) is -0.320. The second-order valence-corrected chi connectivity index (χ2v) is 4.08. The van der Waals surface area contributed by atoms with Crippen molar-refractivity contribution < 1.29 is 14.6 Å². The van der Waals surface area contributed by atoms with Gasteiger partial charge in [-0.25, -0.2) is 4.68 Å². The minimum Gasteiger partial charge on any atom is -0.394 e. The molecule has 0 aliphatic carbocycles. The van der Waals surface area contributed by atoms with Crippen molar-refractivity contribution >= 4 is 5.91 Å². The van der Waals surface area contributed by atoms with E-state index in [1.807, 2.05) is 0 Å². The molecule has 1 atom stereocenters. The second kappa shape index (κ2) is 8.57. The SMILES string of the molecule is COCCNC(=O)C(C)NCc1cn(CCO)nn1. The highest BCUT2D eigenvalue weighted by Crippen LogP contribution is 1.94. The second-order valence-electron chi connectivity index (χ2n) is 4.08. The van der Waals surface area contributed by atoms with Crippen LogP contribution in [-0.2, 0) is 22.6 Å². The summed E-state index contributed by atoms with van der Waals surface area (Å²) in [6.45, 7) is 3.65. The fourth-order valence-electron chi connectivity index (χ4n) is 1.41. The lowest BCUT2D eigenvalue weighted by Gasteiger charge is -2.12. The molecular formula is C11H21N5O3. The van der Waals surface area contributed by atoms with Gasteiger partial charge < -0.3 is 20.5 Å². The zero-order chi connectivity index (χ0) is 14.1. The van der Waals surface area contributed by atoms with Crippen molar-refractivity contribution in [1.82, 2.24) is 25.6 Å². The third kappa shape index (κ3) is 5.77. The molecule has 1 unspecified atom stereocenters. The number of hydrogen-bond donors (Lipinski definition) is 3. The molecule has 0 aliphatic heterocycles. The smallest absolute Gasteiger partial charge is 0.236 e. The Morgan fingerprint density at radius 1 is 1.63 bits per heavy atom. The lowest BCUT2D eigenvalue weighted by Crippen LogP contribution is -2.42. The van der Waals surface area contributed by atoms with Crippen molar-refractivity contribution in [3.63, 3.8) is 0 Å². The van der Waals surface area contributed by atoms with Crippen LogP contribution in [0.2, 0.25) is 0 Å². The molecule has 8 nitrogen and oxygen atoms in total.